The molecular formula is C22H25FN2O4. The Hall–Kier alpha value is -2.77. The number of benzene rings is 2. The summed E-state index contributed by atoms with van der Waals surface area (Å²) < 4.78 is 18.7. The quantitative estimate of drug-likeness (QED) is 0.781. The molecule has 7 heteroatoms. The predicted octanol–water partition coefficient (Wildman–Crippen LogP) is 2.99. The second-order valence-electron chi connectivity index (χ2n) is 7.50. The Morgan fingerprint density at radius 3 is 2.45 bits per heavy atom. The average molecular weight is 400 g/mol. The molecule has 2 amide bonds. The highest BCUT2D eigenvalue weighted by atomic mass is 19.1. The predicted molar refractivity (Wildman–Crippen MR) is 107 cm³/mol. The fourth-order valence-corrected chi connectivity index (χ4v) is 3.41. The molecule has 6 nitrogen and oxygen atoms in total. The molecule has 1 saturated heterocycles. The zero-order valence-corrected chi connectivity index (χ0v) is 16.5. The van der Waals surface area contributed by atoms with Gasteiger partial charge in [-0.2, -0.15) is 0 Å². The number of morpholine rings is 1. The Morgan fingerprint density at radius 2 is 1.86 bits per heavy atom. The highest BCUT2D eigenvalue weighted by molar-refractivity contribution is 6.04. The molecular weight excluding hydrogens is 375 g/mol. The summed E-state index contributed by atoms with van der Waals surface area (Å²) in [5.41, 5.74) is 1.74. The lowest BCUT2D eigenvalue weighted by atomic mass is 9.98. The van der Waals surface area contributed by atoms with Crippen LogP contribution in [0.25, 0.3) is 0 Å². The van der Waals surface area contributed by atoms with Crippen molar-refractivity contribution >= 4 is 17.5 Å². The van der Waals surface area contributed by atoms with Gasteiger partial charge in [-0.1, -0.05) is 26.0 Å². The lowest BCUT2D eigenvalue weighted by Crippen LogP contribution is -2.53. The maximum Gasteiger partial charge on any atom is 0.255 e. The van der Waals surface area contributed by atoms with Gasteiger partial charge in [0.05, 0.1) is 12.6 Å². The minimum atomic E-state index is -0.460. The summed E-state index contributed by atoms with van der Waals surface area (Å²) in [7, 11) is 0. The van der Waals surface area contributed by atoms with Crippen LogP contribution in [0.5, 0.6) is 0 Å². The molecule has 1 heterocycles. The summed E-state index contributed by atoms with van der Waals surface area (Å²) in [6.45, 7) is 4.36. The smallest absolute Gasteiger partial charge is 0.255 e. The molecule has 0 aromatic heterocycles. The first-order valence-corrected chi connectivity index (χ1v) is 9.58. The molecule has 0 aliphatic carbocycles. The molecule has 0 bridgehead atoms. The summed E-state index contributed by atoms with van der Waals surface area (Å²) in [5, 5.41) is 12.6. The molecule has 2 aromatic carbocycles. The van der Waals surface area contributed by atoms with Crippen LogP contribution in [0.1, 0.15) is 35.9 Å². The molecule has 0 spiro atoms. The van der Waals surface area contributed by atoms with E-state index in [-0.39, 0.29) is 30.9 Å². The molecule has 154 valence electrons. The van der Waals surface area contributed by atoms with Crippen molar-refractivity contribution < 1.29 is 23.8 Å². The molecule has 2 N–H and O–H groups in total. The fourth-order valence-electron chi connectivity index (χ4n) is 3.41. The number of rotatable bonds is 6. The van der Waals surface area contributed by atoms with Crippen LogP contribution in [-0.4, -0.2) is 47.6 Å². The van der Waals surface area contributed by atoms with Crippen LogP contribution in [0.2, 0.25) is 0 Å². The fraction of sp³-hybridized carbons (Fsp3) is 0.364. The second kappa shape index (κ2) is 9.15. The van der Waals surface area contributed by atoms with E-state index in [0.29, 0.717) is 17.8 Å². The number of hydrogen-bond donors (Lipinski definition) is 2. The molecule has 2 aromatic rings. The zero-order valence-electron chi connectivity index (χ0n) is 16.5. The number of aliphatic hydroxyl groups is 1. The Balaban J connectivity index is 1.72. The number of carbonyl (C=O) groups excluding carboxylic acids is 2. The first-order valence-electron chi connectivity index (χ1n) is 9.58. The molecule has 0 unspecified atom stereocenters. The van der Waals surface area contributed by atoms with E-state index in [4.69, 9.17) is 4.74 Å². The van der Waals surface area contributed by atoms with Crippen LogP contribution < -0.4 is 5.32 Å². The standard InChI is InChI=1S/C22H25FN2O4/c1-14(2)11-25-19(12-26)21(29-13-20(25)27)15-5-9-18(10-6-15)24-22(28)16-3-7-17(23)8-4-16/h3-10,14,19,21,26H,11-13H2,1-2H3,(H,24,28)/t19-,21-/m1/s1. The van der Waals surface area contributed by atoms with E-state index in [2.05, 4.69) is 5.32 Å². The largest absolute Gasteiger partial charge is 0.394 e. The van der Waals surface area contributed by atoms with Crippen molar-refractivity contribution in [2.24, 2.45) is 5.92 Å². The lowest BCUT2D eigenvalue weighted by Gasteiger charge is -2.41. The van der Waals surface area contributed by atoms with Gasteiger partial charge in [0.1, 0.15) is 18.5 Å². The summed E-state index contributed by atoms with van der Waals surface area (Å²) >= 11 is 0. The van der Waals surface area contributed by atoms with Gasteiger partial charge in [-0.05, 0) is 47.9 Å². The van der Waals surface area contributed by atoms with E-state index >= 15 is 0 Å². The highest BCUT2D eigenvalue weighted by Gasteiger charge is 2.37. The van der Waals surface area contributed by atoms with Gasteiger partial charge in [-0.3, -0.25) is 9.59 Å². The van der Waals surface area contributed by atoms with Crippen molar-refractivity contribution in [1.82, 2.24) is 4.90 Å². The third-order valence-electron chi connectivity index (χ3n) is 4.81. The summed E-state index contributed by atoms with van der Waals surface area (Å²) in [6.07, 6.45) is -0.446. The Kier molecular flexibility index (Phi) is 6.61. The third kappa shape index (κ3) is 4.99. The van der Waals surface area contributed by atoms with Crippen molar-refractivity contribution in [3.05, 3.63) is 65.5 Å². The maximum absolute atomic E-state index is 13.0. The van der Waals surface area contributed by atoms with Gasteiger partial charge in [0.25, 0.3) is 5.91 Å². The minimum Gasteiger partial charge on any atom is -0.394 e. The number of nitrogens with zero attached hydrogens (tertiary/aromatic N) is 1. The van der Waals surface area contributed by atoms with Gasteiger partial charge in [0, 0.05) is 17.8 Å². The Bertz CT molecular complexity index is 852. The summed E-state index contributed by atoms with van der Waals surface area (Å²) in [6, 6.07) is 11.9. The topological polar surface area (TPSA) is 78.9 Å². The van der Waals surface area contributed by atoms with E-state index in [9.17, 15) is 19.1 Å². The number of hydrogen-bond acceptors (Lipinski definition) is 4. The SMILES string of the molecule is CC(C)CN1C(=O)CO[C@H](c2ccc(NC(=O)c3ccc(F)cc3)cc2)[C@H]1CO. The van der Waals surface area contributed by atoms with Crippen LogP contribution in [0.15, 0.2) is 48.5 Å². The number of carbonyl (C=O) groups is 2. The maximum atomic E-state index is 13.0. The van der Waals surface area contributed by atoms with Gasteiger partial charge in [0.2, 0.25) is 5.91 Å². The van der Waals surface area contributed by atoms with Gasteiger partial charge in [0.15, 0.2) is 0 Å². The molecule has 2 atom stereocenters. The number of anilines is 1. The molecule has 1 fully saturated rings. The first-order chi connectivity index (χ1) is 13.9. The molecule has 1 aliphatic heterocycles. The van der Waals surface area contributed by atoms with Crippen molar-refractivity contribution in [3.63, 3.8) is 0 Å². The average Bonchev–Trinajstić information content (AvgIpc) is 2.70. The minimum absolute atomic E-state index is 0.0308. The Morgan fingerprint density at radius 1 is 1.21 bits per heavy atom. The number of nitrogens with one attached hydrogen (secondary N) is 1. The van der Waals surface area contributed by atoms with E-state index in [1.807, 2.05) is 13.8 Å². The molecule has 29 heavy (non-hydrogen) atoms. The second-order valence-corrected chi connectivity index (χ2v) is 7.50. The van der Waals surface area contributed by atoms with E-state index < -0.39 is 18.0 Å². The van der Waals surface area contributed by atoms with Crippen molar-refractivity contribution in [2.75, 3.05) is 25.1 Å². The third-order valence-corrected chi connectivity index (χ3v) is 4.81. The van der Waals surface area contributed by atoms with Gasteiger partial charge >= 0.3 is 0 Å². The zero-order chi connectivity index (χ0) is 21.0. The van der Waals surface area contributed by atoms with Crippen molar-refractivity contribution in [2.45, 2.75) is 26.0 Å². The highest BCUT2D eigenvalue weighted by Crippen LogP contribution is 2.30. The van der Waals surface area contributed by atoms with Crippen molar-refractivity contribution in [1.29, 1.82) is 0 Å². The van der Waals surface area contributed by atoms with Gasteiger partial charge < -0.3 is 20.1 Å². The van der Waals surface area contributed by atoms with Crippen LogP contribution in [0.4, 0.5) is 10.1 Å². The van der Waals surface area contributed by atoms with E-state index in [1.54, 1.807) is 29.2 Å². The Labute approximate surface area is 169 Å². The number of amides is 2. The molecule has 0 saturated carbocycles. The van der Waals surface area contributed by atoms with Crippen LogP contribution in [-0.2, 0) is 9.53 Å². The molecule has 1 aliphatic rings. The molecule has 0 radical (unpaired) electrons. The number of halogens is 1. The number of aliphatic hydroxyl groups excluding tert-OH is 1. The van der Waals surface area contributed by atoms with Crippen LogP contribution >= 0.6 is 0 Å². The van der Waals surface area contributed by atoms with Gasteiger partial charge in [-0.15, -0.1) is 0 Å². The molecule has 3 rings (SSSR count). The first kappa shape index (κ1) is 21.0. The monoisotopic (exact) mass is 400 g/mol. The van der Waals surface area contributed by atoms with Crippen LogP contribution in [0, 0.1) is 11.7 Å². The van der Waals surface area contributed by atoms with Crippen LogP contribution in [0.3, 0.4) is 0 Å². The van der Waals surface area contributed by atoms with E-state index in [1.165, 1.54) is 24.3 Å². The van der Waals surface area contributed by atoms with Gasteiger partial charge in [-0.25, -0.2) is 4.39 Å². The summed E-state index contributed by atoms with van der Waals surface area (Å²) in [5.74, 6) is -0.594. The normalized spacial score (nSPS) is 19.5. The lowest BCUT2D eigenvalue weighted by molar-refractivity contribution is -0.161. The number of ether oxygens (including phenoxy) is 1. The van der Waals surface area contributed by atoms with Crippen molar-refractivity contribution in [3.8, 4) is 0 Å². The summed E-state index contributed by atoms with van der Waals surface area (Å²) in [4.78, 5) is 26.2. The van der Waals surface area contributed by atoms with E-state index in [0.717, 1.165) is 5.56 Å².